The van der Waals surface area contributed by atoms with Crippen molar-refractivity contribution in [2.24, 2.45) is 0 Å². The highest BCUT2D eigenvalue weighted by atomic mass is 16.5. The smallest absolute Gasteiger partial charge is 0.133 e. The van der Waals surface area contributed by atoms with E-state index in [9.17, 15) is 5.11 Å². The number of ether oxygens (including phenoxy) is 2. The van der Waals surface area contributed by atoms with E-state index < -0.39 is 6.10 Å². The highest BCUT2D eigenvalue weighted by Crippen LogP contribution is 2.26. The van der Waals surface area contributed by atoms with Crippen molar-refractivity contribution in [1.29, 1.82) is 0 Å². The lowest BCUT2D eigenvalue weighted by atomic mass is 10.1. The van der Waals surface area contributed by atoms with Gasteiger partial charge in [-0.1, -0.05) is 6.07 Å². The van der Waals surface area contributed by atoms with Crippen molar-refractivity contribution in [3.63, 3.8) is 0 Å². The third kappa shape index (κ3) is 4.51. The van der Waals surface area contributed by atoms with Gasteiger partial charge in [0, 0.05) is 24.7 Å². The summed E-state index contributed by atoms with van der Waals surface area (Å²) in [5.74, 6) is 2.10. The Kier molecular flexibility index (Phi) is 5.86. The molecule has 0 fully saturated rings. The predicted octanol–water partition coefficient (Wildman–Crippen LogP) is 2.90. The fraction of sp³-hybridized carbons (Fsp3) is 0.412. The predicted molar refractivity (Wildman–Crippen MR) is 84.1 cm³/mol. The van der Waals surface area contributed by atoms with Crippen LogP contribution in [0.15, 0.2) is 41.0 Å². The molecular formula is C17H23NO4. The van der Waals surface area contributed by atoms with Crippen LogP contribution >= 0.6 is 0 Å². The number of furan rings is 1. The molecule has 0 spiro atoms. The molecule has 2 rings (SSSR count). The maximum absolute atomic E-state index is 9.98. The molecule has 5 nitrogen and oxygen atoms in total. The molecule has 0 saturated carbocycles. The topological polar surface area (TPSA) is 63.9 Å². The Morgan fingerprint density at radius 2 is 2.09 bits per heavy atom. The van der Waals surface area contributed by atoms with E-state index in [1.54, 1.807) is 25.5 Å². The average Bonchev–Trinajstić information content (AvgIpc) is 3.02. The highest BCUT2D eigenvalue weighted by molar-refractivity contribution is 5.40. The normalized spacial score (nSPS) is 12.4. The third-order valence-electron chi connectivity index (χ3n) is 3.16. The molecule has 120 valence electrons. The fourth-order valence-corrected chi connectivity index (χ4v) is 2.10. The van der Waals surface area contributed by atoms with Gasteiger partial charge in [-0.2, -0.15) is 0 Å². The zero-order valence-electron chi connectivity index (χ0n) is 13.2. The quantitative estimate of drug-likeness (QED) is 0.785. The van der Waals surface area contributed by atoms with E-state index in [2.05, 4.69) is 5.32 Å². The van der Waals surface area contributed by atoms with Crippen molar-refractivity contribution in [3.05, 3.63) is 47.9 Å². The van der Waals surface area contributed by atoms with Crippen LogP contribution in [-0.4, -0.2) is 24.9 Å². The zero-order chi connectivity index (χ0) is 15.9. The van der Waals surface area contributed by atoms with Gasteiger partial charge in [-0.15, -0.1) is 0 Å². The first-order valence-corrected chi connectivity index (χ1v) is 7.36. The molecule has 0 aliphatic rings. The minimum absolute atomic E-state index is 0.0829. The Bertz CT molecular complexity index is 566. The lowest BCUT2D eigenvalue weighted by Gasteiger charge is -2.16. The molecule has 1 unspecified atom stereocenters. The van der Waals surface area contributed by atoms with Crippen LogP contribution in [0.4, 0.5) is 0 Å². The second-order valence-electron chi connectivity index (χ2n) is 5.30. The summed E-state index contributed by atoms with van der Waals surface area (Å²) in [6.45, 7) is 4.96. The minimum Gasteiger partial charge on any atom is -0.497 e. The van der Waals surface area contributed by atoms with E-state index in [4.69, 9.17) is 13.9 Å². The fourth-order valence-electron chi connectivity index (χ4n) is 2.10. The molecule has 2 aromatic rings. The number of aliphatic hydroxyl groups is 1. The maximum Gasteiger partial charge on any atom is 0.133 e. The van der Waals surface area contributed by atoms with Gasteiger partial charge in [0.2, 0.25) is 0 Å². The molecule has 22 heavy (non-hydrogen) atoms. The summed E-state index contributed by atoms with van der Waals surface area (Å²) in [4.78, 5) is 0. The van der Waals surface area contributed by atoms with E-state index in [0.29, 0.717) is 18.8 Å². The Balaban J connectivity index is 1.96. The largest absolute Gasteiger partial charge is 0.497 e. The molecule has 0 aliphatic heterocycles. The third-order valence-corrected chi connectivity index (χ3v) is 3.16. The molecule has 0 aliphatic carbocycles. The number of hydrogen-bond acceptors (Lipinski definition) is 5. The number of nitrogens with one attached hydrogen (secondary N) is 1. The number of methoxy groups -OCH3 is 1. The first-order chi connectivity index (χ1) is 10.6. The monoisotopic (exact) mass is 305 g/mol. The van der Waals surface area contributed by atoms with E-state index >= 15 is 0 Å². The summed E-state index contributed by atoms with van der Waals surface area (Å²) >= 11 is 0. The van der Waals surface area contributed by atoms with E-state index in [1.807, 2.05) is 32.0 Å². The summed E-state index contributed by atoms with van der Waals surface area (Å²) in [5.41, 5.74) is 1.01. The molecule has 1 heterocycles. The van der Waals surface area contributed by atoms with Crippen LogP contribution in [0.2, 0.25) is 0 Å². The standard InChI is InChI=1S/C17H23NO4/c1-12(2)22-17-9-14(20-3)7-6-13(17)10-18-11-15(19)16-5-4-8-21-16/h4-9,12,15,18-19H,10-11H2,1-3H3. The molecule has 1 atom stereocenters. The van der Waals surface area contributed by atoms with Gasteiger partial charge >= 0.3 is 0 Å². The maximum atomic E-state index is 9.98. The van der Waals surface area contributed by atoms with E-state index in [0.717, 1.165) is 17.1 Å². The van der Waals surface area contributed by atoms with Crippen LogP contribution in [0.1, 0.15) is 31.3 Å². The van der Waals surface area contributed by atoms with Crippen molar-refractivity contribution in [2.75, 3.05) is 13.7 Å². The first-order valence-electron chi connectivity index (χ1n) is 7.36. The molecule has 1 aromatic heterocycles. The minimum atomic E-state index is -0.664. The molecular weight excluding hydrogens is 282 g/mol. The summed E-state index contributed by atoms with van der Waals surface area (Å²) in [6.07, 6.45) is 0.971. The van der Waals surface area contributed by atoms with Gasteiger partial charge in [0.25, 0.3) is 0 Å². The first kappa shape index (κ1) is 16.4. The van der Waals surface area contributed by atoms with Crippen molar-refractivity contribution < 1.29 is 19.0 Å². The van der Waals surface area contributed by atoms with Gasteiger partial charge in [0.15, 0.2) is 0 Å². The van der Waals surface area contributed by atoms with Crippen molar-refractivity contribution >= 4 is 0 Å². The second kappa shape index (κ2) is 7.87. The molecule has 0 radical (unpaired) electrons. The van der Waals surface area contributed by atoms with E-state index in [1.165, 1.54) is 0 Å². The number of aliphatic hydroxyl groups excluding tert-OH is 1. The summed E-state index contributed by atoms with van der Waals surface area (Å²) in [5, 5.41) is 13.2. The van der Waals surface area contributed by atoms with Gasteiger partial charge < -0.3 is 24.3 Å². The van der Waals surface area contributed by atoms with Crippen molar-refractivity contribution in [3.8, 4) is 11.5 Å². The second-order valence-corrected chi connectivity index (χ2v) is 5.30. The Morgan fingerprint density at radius 3 is 2.73 bits per heavy atom. The van der Waals surface area contributed by atoms with Crippen LogP contribution in [0, 0.1) is 0 Å². The molecule has 5 heteroatoms. The van der Waals surface area contributed by atoms with Crippen LogP contribution in [-0.2, 0) is 6.54 Å². The van der Waals surface area contributed by atoms with Gasteiger partial charge in [0.1, 0.15) is 23.4 Å². The van der Waals surface area contributed by atoms with Gasteiger partial charge in [-0.05, 0) is 32.0 Å². The van der Waals surface area contributed by atoms with E-state index in [-0.39, 0.29) is 6.10 Å². The number of benzene rings is 1. The van der Waals surface area contributed by atoms with Crippen LogP contribution in [0.5, 0.6) is 11.5 Å². The molecule has 1 aromatic carbocycles. The average molecular weight is 305 g/mol. The molecule has 0 saturated heterocycles. The lowest BCUT2D eigenvalue weighted by molar-refractivity contribution is 0.147. The number of rotatable bonds is 8. The van der Waals surface area contributed by atoms with Gasteiger partial charge in [-0.25, -0.2) is 0 Å². The van der Waals surface area contributed by atoms with Crippen LogP contribution in [0.3, 0.4) is 0 Å². The Hall–Kier alpha value is -1.98. The Labute approximate surface area is 130 Å². The lowest BCUT2D eigenvalue weighted by Crippen LogP contribution is -2.21. The van der Waals surface area contributed by atoms with Gasteiger partial charge in [0.05, 0.1) is 19.5 Å². The molecule has 2 N–H and O–H groups in total. The summed E-state index contributed by atoms with van der Waals surface area (Å²) < 4.78 is 16.2. The van der Waals surface area contributed by atoms with Gasteiger partial charge in [-0.3, -0.25) is 0 Å². The van der Waals surface area contributed by atoms with Crippen LogP contribution in [0.25, 0.3) is 0 Å². The molecule has 0 amide bonds. The SMILES string of the molecule is COc1ccc(CNCC(O)c2ccco2)c(OC(C)C)c1. The van der Waals surface area contributed by atoms with Crippen molar-refractivity contribution in [2.45, 2.75) is 32.6 Å². The summed E-state index contributed by atoms with van der Waals surface area (Å²) in [6, 6.07) is 9.25. The summed E-state index contributed by atoms with van der Waals surface area (Å²) in [7, 11) is 1.63. The molecule has 0 bridgehead atoms. The van der Waals surface area contributed by atoms with Crippen molar-refractivity contribution in [1.82, 2.24) is 5.32 Å². The van der Waals surface area contributed by atoms with Crippen LogP contribution < -0.4 is 14.8 Å². The Morgan fingerprint density at radius 1 is 1.27 bits per heavy atom. The highest BCUT2D eigenvalue weighted by Gasteiger charge is 2.11. The number of hydrogen-bond donors (Lipinski definition) is 2. The zero-order valence-corrected chi connectivity index (χ0v) is 13.2.